The average molecular weight is 312 g/mol. The Kier molecular flexibility index (Phi) is 5.78. The smallest absolute Gasteiger partial charge is 0.228 e. The van der Waals surface area contributed by atoms with Crippen molar-refractivity contribution in [3.05, 3.63) is 0 Å². The summed E-state index contributed by atoms with van der Waals surface area (Å²) in [4.78, 5) is 0. The van der Waals surface area contributed by atoms with Gasteiger partial charge in [-0.2, -0.15) is 0 Å². The van der Waals surface area contributed by atoms with Gasteiger partial charge in [0.15, 0.2) is 14.9 Å². The Morgan fingerprint density at radius 3 is 2.47 bits per heavy atom. The molecule has 0 spiro atoms. The standard InChI is InChI=1S/C11H24N2O4S2/c1-4-12-10(2)11-6-5-7-13(8-11)19(16,17)9-18(3,14)15/h10-12H,4-9H2,1-3H3. The van der Waals surface area contributed by atoms with Gasteiger partial charge >= 0.3 is 0 Å². The summed E-state index contributed by atoms with van der Waals surface area (Å²) in [6, 6.07) is 0.237. The number of hydrogen-bond acceptors (Lipinski definition) is 5. The summed E-state index contributed by atoms with van der Waals surface area (Å²) >= 11 is 0. The number of sulfonamides is 1. The van der Waals surface area contributed by atoms with E-state index in [0.717, 1.165) is 25.6 Å². The second kappa shape index (κ2) is 6.51. The second-order valence-corrected chi connectivity index (χ2v) is 9.74. The molecule has 114 valence electrons. The lowest BCUT2D eigenvalue weighted by molar-refractivity contribution is 0.226. The van der Waals surface area contributed by atoms with E-state index in [2.05, 4.69) is 5.32 Å². The molecule has 19 heavy (non-hydrogen) atoms. The molecule has 8 heteroatoms. The van der Waals surface area contributed by atoms with Gasteiger partial charge in [-0.05, 0) is 32.2 Å². The van der Waals surface area contributed by atoms with Crippen LogP contribution in [0.4, 0.5) is 0 Å². The predicted molar refractivity (Wildman–Crippen MR) is 76.1 cm³/mol. The van der Waals surface area contributed by atoms with E-state index in [1.807, 2.05) is 13.8 Å². The topological polar surface area (TPSA) is 83.6 Å². The molecule has 1 rings (SSSR count). The third kappa shape index (κ3) is 5.37. The molecule has 6 nitrogen and oxygen atoms in total. The van der Waals surface area contributed by atoms with Crippen molar-refractivity contribution in [2.75, 3.05) is 31.0 Å². The summed E-state index contributed by atoms with van der Waals surface area (Å²) < 4.78 is 47.8. The Morgan fingerprint density at radius 2 is 1.95 bits per heavy atom. The molecule has 1 N–H and O–H groups in total. The quantitative estimate of drug-likeness (QED) is 0.748. The Hall–Kier alpha value is -0.180. The summed E-state index contributed by atoms with van der Waals surface area (Å²) in [5.41, 5.74) is 0. The Morgan fingerprint density at radius 1 is 1.32 bits per heavy atom. The van der Waals surface area contributed by atoms with Gasteiger partial charge in [-0.3, -0.25) is 0 Å². The highest BCUT2D eigenvalue weighted by Crippen LogP contribution is 2.22. The monoisotopic (exact) mass is 312 g/mol. The molecule has 1 fully saturated rings. The van der Waals surface area contributed by atoms with Gasteiger partial charge < -0.3 is 5.32 Å². The van der Waals surface area contributed by atoms with Crippen LogP contribution < -0.4 is 5.32 Å². The minimum Gasteiger partial charge on any atom is -0.314 e. The largest absolute Gasteiger partial charge is 0.314 e. The zero-order valence-corrected chi connectivity index (χ0v) is 13.4. The third-order valence-electron chi connectivity index (χ3n) is 3.41. The number of sulfone groups is 1. The highest BCUT2D eigenvalue weighted by Gasteiger charge is 2.33. The summed E-state index contributed by atoms with van der Waals surface area (Å²) in [5.74, 6) is 0.239. The van der Waals surface area contributed by atoms with Gasteiger partial charge in [-0.25, -0.2) is 21.1 Å². The van der Waals surface area contributed by atoms with Gasteiger partial charge in [0.1, 0.15) is 0 Å². The average Bonchev–Trinajstić information content (AvgIpc) is 2.26. The highest BCUT2D eigenvalue weighted by molar-refractivity contribution is 8.06. The molecule has 1 heterocycles. The van der Waals surface area contributed by atoms with E-state index in [4.69, 9.17) is 0 Å². The van der Waals surface area contributed by atoms with E-state index in [1.54, 1.807) is 0 Å². The second-order valence-electron chi connectivity index (χ2n) is 5.26. The van der Waals surface area contributed by atoms with Crippen LogP contribution in [0, 0.1) is 5.92 Å². The van der Waals surface area contributed by atoms with E-state index >= 15 is 0 Å². The molecule has 0 radical (unpaired) electrons. The fraction of sp³-hybridized carbons (Fsp3) is 1.00. The number of nitrogens with zero attached hydrogens (tertiary/aromatic N) is 1. The van der Waals surface area contributed by atoms with Crippen molar-refractivity contribution in [1.82, 2.24) is 9.62 Å². The molecule has 0 saturated carbocycles. The van der Waals surface area contributed by atoms with Crippen LogP contribution in [0.25, 0.3) is 0 Å². The highest BCUT2D eigenvalue weighted by atomic mass is 32.3. The van der Waals surface area contributed by atoms with Crippen LogP contribution in [0.5, 0.6) is 0 Å². The van der Waals surface area contributed by atoms with Crippen LogP contribution in [0.15, 0.2) is 0 Å². The molecule has 1 aliphatic heterocycles. The van der Waals surface area contributed by atoms with Gasteiger partial charge in [-0.1, -0.05) is 6.92 Å². The van der Waals surface area contributed by atoms with Crippen molar-refractivity contribution >= 4 is 19.9 Å². The molecule has 0 aromatic heterocycles. The van der Waals surface area contributed by atoms with Crippen molar-refractivity contribution in [3.63, 3.8) is 0 Å². The summed E-state index contributed by atoms with van der Waals surface area (Å²) in [5, 5.41) is 2.51. The molecule has 1 aliphatic rings. The SMILES string of the molecule is CCNC(C)C1CCCN(S(=O)(=O)CS(C)(=O)=O)C1. The first kappa shape index (κ1) is 16.9. The van der Waals surface area contributed by atoms with E-state index in [0.29, 0.717) is 13.1 Å². The zero-order valence-electron chi connectivity index (χ0n) is 11.8. The van der Waals surface area contributed by atoms with Gasteiger partial charge in [-0.15, -0.1) is 0 Å². The summed E-state index contributed by atoms with van der Waals surface area (Å²) in [7, 11) is -7.23. The van der Waals surface area contributed by atoms with Gasteiger partial charge in [0.25, 0.3) is 0 Å². The lowest BCUT2D eigenvalue weighted by atomic mass is 9.93. The van der Waals surface area contributed by atoms with E-state index < -0.39 is 24.9 Å². The predicted octanol–water partition coefficient (Wildman–Crippen LogP) is 0.0283. The molecule has 0 aliphatic carbocycles. The number of nitrogens with one attached hydrogen (secondary N) is 1. The molecular formula is C11H24N2O4S2. The molecular weight excluding hydrogens is 288 g/mol. The first-order chi connectivity index (χ1) is 8.65. The van der Waals surface area contributed by atoms with Crippen molar-refractivity contribution < 1.29 is 16.8 Å². The maximum Gasteiger partial charge on any atom is 0.228 e. The molecule has 0 bridgehead atoms. The minimum atomic E-state index is -3.70. The molecule has 1 saturated heterocycles. The third-order valence-corrected chi connectivity index (χ3v) is 7.43. The van der Waals surface area contributed by atoms with Crippen LogP contribution in [-0.2, 0) is 19.9 Å². The van der Waals surface area contributed by atoms with Crippen molar-refractivity contribution in [2.24, 2.45) is 5.92 Å². The Bertz CT molecular complexity index is 487. The lowest BCUT2D eigenvalue weighted by Gasteiger charge is -2.35. The number of rotatable bonds is 6. The van der Waals surface area contributed by atoms with Gasteiger partial charge in [0, 0.05) is 25.4 Å². The molecule has 0 amide bonds. The molecule has 2 atom stereocenters. The van der Waals surface area contributed by atoms with Crippen molar-refractivity contribution in [1.29, 1.82) is 0 Å². The van der Waals surface area contributed by atoms with Crippen LogP contribution in [0.3, 0.4) is 0 Å². The lowest BCUT2D eigenvalue weighted by Crippen LogP contribution is -2.47. The summed E-state index contributed by atoms with van der Waals surface area (Å²) in [6.07, 6.45) is 2.70. The zero-order chi connectivity index (χ0) is 14.7. The van der Waals surface area contributed by atoms with E-state index in [-0.39, 0.29) is 12.0 Å². The maximum absolute atomic E-state index is 12.1. The van der Waals surface area contributed by atoms with Crippen LogP contribution in [0.1, 0.15) is 26.7 Å². The Balaban J connectivity index is 2.74. The molecule has 2 unspecified atom stereocenters. The van der Waals surface area contributed by atoms with Crippen molar-refractivity contribution in [2.45, 2.75) is 32.7 Å². The van der Waals surface area contributed by atoms with E-state index in [9.17, 15) is 16.8 Å². The fourth-order valence-electron chi connectivity index (χ4n) is 2.47. The normalized spacial score (nSPS) is 24.3. The first-order valence-corrected chi connectivity index (χ1v) is 10.2. The van der Waals surface area contributed by atoms with Crippen molar-refractivity contribution in [3.8, 4) is 0 Å². The van der Waals surface area contributed by atoms with Crippen LogP contribution in [0.2, 0.25) is 0 Å². The van der Waals surface area contributed by atoms with E-state index in [1.165, 1.54) is 4.31 Å². The maximum atomic E-state index is 12.1. The fourth-order valence-corrected chi connectivity index (χ4v) is 6.05. The van der Waals surface area contributed by atoms with Gasteiger partial charge in [0.2, 0.25) is 10.0 Å². The molecule has 0 aromatic carbocycles. The minimum absolute atomic E-state index is 0.237. The first-order valence-electron chi connectivity index (χ1n) is 6.54. The molecule has 0 aromatic rings. The van der Waals surface area contributed by atoms with Crippen LogP contribution >= 0.6 is 0 Å². The number of hydrogen-bond donors (Lipinski definition) is 1. The van der Waals surface area contributed by atoms with Gasteiger partial charge in [0.05, 0.1) is 0 Å². The Labute approximate surface area is 116 Å². The van der Waals surface area contributed by atoms with Crippen LogP contribution in [-0.4, -0.2) is 58.2 Å². The summed E-state index contributed by atoms with van der Waals surface area (Å²) in [6.45, 7) is 5.73. The number of piperidine rings is 1.